The minimum absolute atomic E-state index is 0.206. The van der Waals surface area contributed by atoms with Crippen LogP contribution in [-0.2, 0) is 12.7 Å². The van der Waals surface area contributed by atoms with Gasteiger partial charge in [0.25, 0.3) is 5.91 Å². The van der Waals surface area contributed by atoms with Gasteiger partial charge in [-0.2, -0.15) is 13.2 Å². The molecular weight excluding hydrogens is 507 g/mol. The molecule has 0 N–H and O–H groups in total. The molecule has 2 aliphatic rings. The third-order valence-corrected chi connectivity index (χ3v) is 8.09. The van der Waals surface area contributed by atoms with Crippen LogP contribution in [-0.4, -0.2) is 63.0 Å². The second kappa shape index (κ2) is 11.4. The molecular formula is C29H34F3N5O2. The number of hydrogen-bond acceptors (Lipinski definition) is 5. The SMILES string of the molecule is Cc1c(OCCCn2ccnn2)ccc(C2CCC[C@H]3CN(C(=O)c4ccc(C(F)(F)F)cc4)CCN23)c1C. The van der Waals surface area contributed by atoms with E-state index in [-0.39, 0.29) is 18.0 Å². The first-order valence-electron chi connectivity index (χ1n) is 13.5. The van der Waals surface area contributed by atoms with Crippen LogP contribution in [0.1, 0.15) is 64.3 Å². The summed E-state index contributed by atoms with van der Waals surface area (Å²) in [5.74, 6) is 0.692. The number of carbonyl (C=O) groups is 1. The molecule has 10 heteroatoms. The van der Waals surface area contributed by atoms with Crippen LogP contribution >= 0.6 is 0 Å². The van der Waals surface area contributed by atoms with E-state index in [1.165, 1.54) is 23.3 Å². The zero-order valence-electron chi connectivity index (χ0n) is 22.3. The largest absolute Gasteiger partial charge is 0.493 e. The van der Waals surface area contributed by atoms with Crippen molar-refractivity contribution in [2.75, 3.05) is 26.2 Å². The van der Waals surface area contributed by atoms with Gasteiger partial charge < -0.3 is 9.64 Å². The first-order chi connectivity index (χ1) is 18.7. The number of piperazine rings is 1. The highest BCUT2D eigenvalue weighted by atomic mass is 19.4. The fraction of sp³-hybridized carbons (Fsp3) is 0.483. The van der Waals surface area contributed by atoms with E-state index in [1.807, 2.05) is 6.20 Å². The molecule has 2 fully saturated rings. The Morgan fingerprint density at radius 1 is 1.05 bits per heavy atom. The van der Waals surface area contributed by atoms with E-state index < -0.39 is 11.7 Å². The summed E-state index contributed by atoms with van der Waals surface area (Å²) in [5, 5.41) is 7.80. The smallest absolute Gasteiger partial charge is 0.416 e. The van der Waals surface area contributed by atoms with Crippen molar-refractivity contribution in [1.82, 2.24) is 24.8 Å². The number of aromatic nitrogens is 3. The number of aryl methyl sites for hydroxylation is 1. The van der Waals surface area contributed by atoms with E-state index >= 15 is 0 Å². The minimum Gasteiger partial charge on any atom is -0.493 e. The molecule has 0 aliphatic carbocycles. The molecule has 5 rings (SSSR count). The van der Waals surface area contributed by atoms with Crippen LogP contribution < -0.4 is 4.74 Å². The monoisotopic (exact) mass is 541 g/mol. The van der Waals surface area contributed by atoms with Crippen molar-refractivity contribution < 1.29 is 22.7 Å². The maximum Gasteiger partial charge on any atom is 0.416 e. The lowest BCUT2D eigenvalue weighted by Gasteiger charge is -2.49. The topological polar surface area (TPSA) is 63.5 Å². The summed E-state index contributed by atoms with van der Waals surface area (Å²) in [4.78, 5) is 17.4. The molecule has 0 saturated carbocycles. The van der Waals surface area contributed by atoms with Crippen LogP contribution in [0.25, 0.3) is 0 Å². The highest BCUT2D eigenvalue weighted by molar-refractivity contribution is 5.94. The van der Waals surface area contributed by atoms with Crippen molar-refractivity contribution in [3.8, 4) is 5.75 Å². The number of amides is 1. The van der Waals surface area contributed by atoms with Crippen molar-refractivity contribution in [3.05, 3.63) is 76.6 Å². The molecule has 0 spiro atoms. The molecule has 1 aromatic heterocycles. The van der Waals surface area contributed by atoms with Gasteiger partial charge >= 0.3 is 6.18 Å². The Morgan fingerprint density at radius 2 is 1.85 bits per heavy atom. The van der Waals surface area contributed by atoms with Crippen LogP contribution in [0.15, 0.2) is 48.8 Å². The molecule has 7 nitrogen and oxygen atoms in total. The second-order valence-corrected chi connectivity index (χ2v) is 10.4. The molecule has 208 valence electrons. The molecule has 1 unspecified atom stereocenters. The lowest BCUT2D eigenvalue weighted by atomic mass is 9.86. The number of fused-ring (bicyclic) bond motifs is 1. The van der Waals surface area contributed by atoms with Gasteiger partial charge in [-0.15, -0.1) is 5.10 Å². The molecule has 3 heterocycles. The van der Waals surface area contributed by atoms with Gasteiger partial charge in [0, 0.05) is 56.4 Å². The number of halogens is 3. The highest BCUT2D eigenvalue weighted by Crippen LogP contribution is 2.40. The lowest BCUT2D eigenvalue weighted by Crippen LogP contribution is -2.57. The highest BCUT2D eigenvalue weighted by Gasteiger charge is 2.38. The Balaban J connectivity index is 1.22. The Kier molecular flexibility index (Phi) is 7.93. The maximum absolute atomic E-state index is 13.1. The predicted octanol–water partition coefficient (Wildman–Crippen LogP) is 5.43. The van der Waals surface area contributed by atoms with Crippen molar-refractivity contribution in [2.24, 2.45) is 0 Å². The van der Waals surface area contributed by atoms with Crippen molar-refractivity contribution in [3.63, 3.8) is 0 Å². The van der Waals surface area contributed by atoms with Gasteiger partial charge in [-0.05, 0) is 80.1 Å². The third kappa shape index (κ3) is 5.95. The van der Waals surface area contributed by atoms with Gasteiger partial charge in [-0.3, -0.25) is 14.4 Å². The summed E-state index contributed by atoms with van der Waals surface area (Å²) in [6.45, 7) is 7.49. The maximum atomic E-state index is 13.1. The Morgan fingerprint density at radius 3 is 2.56 bits per heavy atom. The van der Waals surface area contributed by atoms with E-state index in [1.54, 1.807) is 15.8 Å². The molecule has 3 aromatic rings. The number of benzene rings is 2. The van der Waals surface area contributed by atoms with Gasteiger partial charge in [-0.25, -0.2) is 0 Å². The van der Waals surface area contributed by atoms with Gasteiger partial charge in [0.1, 0.15) is 5.75 Å². The van der Waals surface area contributed by atoms with Crippen LogP contribution in [0.3, 0.4) is 0 Å². The van der Waals surface area contributed by atoms with E-state index in [2.05, 4.69) is 41.2 Å². The van der Waals surface area contributed by atoms with Crippen molar-refractivity contribution >= 4 is 5.91 Å². The lowest BCUT2D eigenvalue weighted by molar-refractivity contribution is -0.137. The minimum atomic E-state index is -4.41. The van der Waals surface area contributed by atoms with Crippen molar-refractivity contribution in [2.45, 2.75) is 64.3 Å². The summed E-state index contributed by atoms with van der Waals surface area (Å²) in [6.07, 6.45) is 3.05. The Labute approximate surface area is 226 Å². The molecule has 2 aliphatic heterocycles. The summed E-state index contributed by atoms with van der Waals surface area (Å²) in [7, 11) is 0. The number of piperidine rings is 1. The van der Waals surface area contributed by atoms with Gasteiger partial charge in [-0.1, -0.05) is 11.3 Å². The van der Waals surface area contributed by atoms with Crippen molar-refractivity contribution in [1.29, 1.82) is 0 Å². The molecule has 2 aromatic carbocycles. The molecule has 39 heavy (non-hydrogen) atoms. The number of hydrogen-bond donors (Lipinski definition) is 0. The van der Waals surface area contributed by atoms with E-state index in [0.29, 0.717) is 25.3 Å². The first kappa shape index (κ1) is 27.2. The fourth-order valence-corrected chi connectivity index (χ4v) is 5.85. The van der Waals surface area contributed by atoms with Crippen LogP contribution in [0, 0.1) is 13.8 Å². The van der Waals surface area contributed by atoms with E-state index in [9.17, 15) is 18.0 Å². The normalized spacial score (nSPS) is 20.1. The fourth-order valence-electron chi connectivity index (χ4n) is 5.85. The molecule has 2 atom stereocenters. The molecule has 1 amide bonds. The molecule has 0 radical (unpaired) electrons. The third-order valence-electron chi connectivity index (χ3n) is 8.09. The number of alkyl halides is 3. The molecule has 0 bridgehead atoms. The first-order valence-corrected chi connectivity index (χ1v) is 13.5. The van der Waals surface area contributed by atoms with Gasteiger partial charge in [0.15, 0.2) is 0 Å². The van der Waals surface area contributed by atoms with Crippen LogP contribution in [0.4, 0.5) is 13.2 Å². The summed E-state index contributed by atoms with van der Waals surface area (Å²) < 4.78 is 46.6. The zero-order chi connectivity index (χ0) is 27.6. The average Bonchev–Trinajstić information content (AvgIpc) is 3.46. The number of carbonyl (C=O) groups excluding carboxylic acids is 1. The van der Waals surface area contributed by atoms with Crippen LogP contribution in [0.2, 0.25) is 0 Å². The standard InChI is InChI=1S/C29H34F3N5O2/c1-20-21(2)27(39-18-4-14-36-15-13-33-34-36)12-11-25(20)26-6-3-5-24-19-35(16-17-37(24)26)28(38)22-7-9-23(10-8-22)29(30,31)32/h7-13,15,24,26H,3-6,14,16-19H2,1-2H3/t24-,26?/m0/s1. The summed E-state index contributed by atoms with van der Waals surface area (Å²) in [6, 6.07) is 9.28. The molecule has 2 saturated heterocycles. The predicted molar refractivity (Wildman–Crippen MR) is 140 cm³/mol. The Bertz CT molecular complexity index is 1280. The summed E-state index contributed by atoms with van der Waals surface area (Å²) >= 11 is 0. The average molecular weight is 542 g/mol. The zero-order valence-corrected chi connectivity index (χ0v) is 22.3. The number of nitrogens with zero attached hydrogens (tertiary/aromatic N) is 5. The van der Waals surface area contributed by atoms with Gasteiger partial charge in [0.2, 0.25) is 0 Å². The van der Waals surface area contributed by atoms with E-state index in [4.69, 9.17) is 4.74 Å². The van der Waals surface area contributed by atoms with E-state index in [0.717, 1.165) is 62.2 Å². The van der Waals surface area contributed by atoms with Gasteiger partial charge in [0.05, 0.1) is 18.4 Å². The number of ether oxygens (including phenoxy) is 1. The Hall–Kier alpha value is -3.40. The second-order valence-electron chi connectivity index (χ2n) is 10.4. The number of rotatable bonds is 7. The summed E-state index contributed by atoms with van der Waals surface area (Å²) in [5.41, 5.74) is 3.24. The van der Waals surface area contributed by atoms with Crippen LogP contribution in [0.5, 0.6) is 5.75 Å². The quantitative estimate of drug-likeness (QED) is 0.373.